The average Bonchev–Trinajstić information content (AvgIpc) is 2.08. The number of carbonyl (C=O) groups is 2. The number of carboxylic acid groups (broad SMARTS) is 2. The Morgan fingerprint density at radius 1 is 0.875 bits per heavy atom. The molecule has 0 heterocycles. The number of carboxylic acids is 2. The lowest BCUT2D eigenvalue weighted by atomic mass is 10.3. The van der Waals surface area contributed by atoms with E-state index >= 15 is 0 Å². The molecule has 0 atom stereocenters. The van der Waals surface area contributed by atoms with E-state index in [1.54, 1.807) is 24.3 Å². The van der Waals surface area contributed by atoms with Gasteiger partial charge in [-0.3, -0.25) is 9.59 Å². The van der Waals surface area contributed by atoms with Gasteiger partial charge in [0.15, 0.2) is 0 Å². The van der Waals surface area contributed by atoms with Crippen LogP contribution in [0.2, 0.25) is 0 Å². The topological polar surface area (TPSA) is 127 Å². The predicted molar refractivity (Wildman–Crippen MR) is 61.9 cm³/mol. The van der Waals surface area contributed by atoms with Crippen molar-refractivity contribution in [2.45, 2.75) is 13.8 Å². The molecule has 0 aliphatic rings. The Morgan fingerprint density at radius 2 is 1.00 bits per heavy atom. The molecule has 6 nitrogen and oxygen atoms in total. The van der Waals surface area contributed by atoms with Crippen molar-refractivity contribution in [3.05, 3.63) is 24.3 Å². The number of hydrogen-bond donors (Lipinski definition) is 4. The van der Waals surface area contributed by atoms with Crippen LogP contribution in [0.5, 0.6) is 0 Å². The van der Waals surface area contributed by atoms with Crippen LogP contribution in [-0.2, 0) is 9.59 Å². The Kier molecular flexibility index (Phi) is 9.44. The number of benzene rings is 1. The minimum atomic E-state index is -0.833. The second-order valence-corrected chi connectivity index (χ2v) is 2.70. The maximum atomic E-state index is 9.00. The lowest BCUT2D eigenvalue weighted by Gasteiger charge is -1.90. The van der Waals surface area contributed by atoms with Crippen LogP contribution in [0.4, 0.5) is 11.4 Å². The molecule has 90 valence electrons. The molecule has 0 bridgehead atoms. The Hall–Kier alpha value is -2.24. The van der Waals surface area contributed by atoms with E-state index in [0.29, 0.717) is 0 Å². The molecule has 0 radical (unpaired) electrons. The van der Waals surface area contributed by atoms with Crippen molar-refractivity contribution in [3.8, 4) is 0 Å². The van der Waals surface area contributed by atoms with Crippen molar-refractivity contribution < 1.29 is 19.8 Å². The van der Waals surface area contributed by atoms with Crippen molar-refractivity contribution in [3.63, 3.8) is 0 Å². The molecular formula is C10H16N2O4. The molecule has 6 heteroatoms. The van der Waals surface area contributed by atoms with E-state index in [4.69, 9.17) is 31.3 Å². The fourth-order valence-corrected chi connectivity index (χ4v) is 0.496. The lowest BCUT2D eigenvalue weighted by Crippen LogP contribution is -1.86. The van der Waals surface area contributed by atoms with Gasteiger partial charge in [-0.05, 0) is 24.3 Å². The first-order chi connectivity index (χ1) is 7.25. The molecule has 16 heavy (non-hydrogen) atoms. The zero-order valence-corrected chi connectivity index (χ0v) is 9.18. The monoisotopic (exact) mass is 228 g/mol. The summed E-state index contributed by atoms with van der Waals surface area (Å²) < 4.78 is 0. The summed E-state index contributed by atoms with van der Waals surface area (Å²) in [6, 6.07) is 7.09. The molecule has 0 spiro atoms. The number of hydrogen-bond acceptors (Lipinski definition) is 4. The van der Waals surface area contributed by atoms with Gasteiger partial charge in [-0.2, -0.15) is 0 Å². The molecule has 0 amide bonds. The van der Waals surface area contributed by atoms with E-state index in [0.717, 1.165) is 25.2 Å². The van der Waals surface area contributed by atoms with E-state index in [1.807, 2.05) is 0 Å². The molecule has 0 aliphatic heterocycles. The average molecular weight is 228 g/mol. The molecule has 1 aromatic carbocycles. The molecule has 1 aromatic rings. The van der Waals surface area contributed by atoms with Crippen LogP contribution in [0.3, 0.4) is 0 Å². The number of anilines is 2. The molecule has 0 aliphatic carbocycles. The highest BCUT2D eigenvalue weighted by Crippen LogP contribution is 2.04. The van der Waals surface area contributed by atoms with Crippen LogP contribution in [0, 0.1) is 0 Å². The summed E-state index contributed by atoms with van der Waals surface area (Å²) in [5, 5.41) is 14.8. The Labute approximate surface area is 93.5 Å². The summed E-state index contributed by atoms with van der Waals surface area (Å²) >= 11 is 0. The first-order valence-electron chi connectivity index (χ1n) is 4.25. The first-order valence-corrected chi connectivity index (χ1v) is 4.25. The highest BCUT2D eigenvalue weighted by atomic mass is 16.4. The molecule has 0 saturated carbocycles. The van der Waals surface area contributed by atoms with Crippen molar-refractivity contribution in [2.75, 3.05) is 11.5 Å². The number of nitrogen functional groups attached to an aromatic ring is 2. The summed E-state index contributed by atoms with van der Waals surface area (Å²) in [5.74, 6) is -1.67. The maximum absolute atomic E-state index is 9.00. The summed E-state index contributed by atoms with van der Waals surface area (Å²) in [4.78, 5) is 18.0. The normalized spacial score (nSPS) is 7.62. The summed E-state index contributed by atoms with van der Waals surface area (Å²) in [6.45, 7) is 2.17. The molecule has 6 N–H and O–H groups in total. The molecule has 0 fully saturated rings. The van der Waals surface area contributed by atoms with Crippen LogP contribution in [0.25, 0.3) is 0 Å². The predicted octanol–water partition coefficient (Wildman–Crippen LogP) is 1.03. The van der Waals surface area contributed by atoms with Crippen LogP contribution < -0.4 is 11.5 Å². The van der Waals surface area contributed by atoms with Crippen molar-refractivity contribution >= 4 is 23.3 Å². The van der Waals surface area contributed by atoms with Gasteiger partial charge in [0.1, 0.15) is 0 Å². The van der Waals surface area contributed by atoms with Crippen LogP contribution >= 0.6 is 0 Å². The van der Waals surface area contributed by atoms with Gasteiger partial charge in [-0.25, -0.2) is 0 Å². The number of aliphatic carboxylic acids is 2. The molecule has 0 aromatic heterocycles. The molecule has 1 rings (SSSR count). The fraction of sp³-hybridized carbons (Fsp3) is 0.200. The second kappa shape index (κ2) is 9.32. The van der Waals surface area contributed by atoms with Crippen LogP contribution in [0.15, 0.2) is 24.3 Å². The fourth-order valence-electron chi connectivity index (χ4n) is 0.496. The number of rotatable bonds is 0. The van der Waals surface area contributed by atoms with Crippen molar-refractivity contribution in [1.82, 2.24) is 0 Å². The third kappa shape index (κ3) is 22.6. The Balaban J connectivity index is 0. The van der Waals surface area contributed by atoms with Crippen molar-refractivity contribution in [1.29, 1.82) is 0 Å². The summed E-state index contributed by atoms with van der Waals surface area (Å²) in [7, 11) is 0. The standard InChI is InChI=1S/C6H8N2.2C2H4O2/c7-5-1-2-6(8)4-3-5;2*1-2(3)4/h1-4H,7-8H2;2*1H3,(H,3,4). The van der Waals surface area contributed by atoms with Gasteiger partial charge in [-0.15, -0.1) is 0 Å². The quantitative estimate of drug-likeness (QED) is 0.491. The number of nitrogens with two attached hydrogens (primary N) is 2. The second-order valence-electron chi connectivity index (χ2n) is 2.70. The highest BCUT2D eigenvalue weighted by Gasteiger charge is 1.80. The molecular weight excluding hydrogens is 212 g/mol. The van der Waals surface area contributed by atoms with Crippen LogP contribution in [-0.4, -0.2) is 22.2 Å². The van der Waals surface area contributed by atoms with Gasteiger partial charge in [0.05, 0.1) is 0 Å². The third-order valence-corrected chi connectivity index (χ3v) is 0.936. The van der Waals surface area contributed by atoms with E-state index < -0.39 is 11.9 Å². The van der Waals surface area contributed by atoms with Gasteiger partial charge in [-0.1, -0.05) is 0 Å². The van der Waals surface area contributed by atoms with Gasteiger partial charge in [0.25, 0.3) is 11.9 Å². The summed E-state index contributed by atoms with van der Waals surface area (Å²) in [5.41, 5.74) is 12.2. The summed E-state index contributed by atoms with van der Waals surface area (Å²) in [6.07, 6.45) is 0. The maximum Gasteiger partial charge on any atom is 0.300 e. The van der Waals surface area contributed by atoms with Gasteiger partial charge in [0.2, 0.25) is 0 Å². The SMILES string of the molecule is CC(=O)O.CC(=O)O.Nc1ccc(N)cc1. The van der Waals surface area contributed by atoms with Gasteiger partial charge in [0, 0.05) is 25.2 Å². The molecule has 0 saturated heterocycles. The third-order valence-electron chi connectivity index (χ3n) is 0.936. The van der Waals surface area contributed by atoms with Gasteiger partial charge < -0.3 is 21.7 Å². The minimum Gasteiger partial charge on any atom is -0.481 e. The lowest BCUT2D eigenvalue weighted by molar-refractivity contribution is -0.135. The zero-order chi connectivity index (χ0) is 13.1. The van der Waals surface area contributed by atoms with Crippen molar-refractivity contribution in [2.24, 2.45) is 0 Å². The van der Waals surface area contributed by atoms with E-state index in [1.165, 1.54) is 0 Å². The van der Waals surface area contributed by atoms with E-state index in [9.17, 15) is 0 Å². The Morgan fingerprint density at radius 3 is 1.12 bits per heavy atom. The Bertz CT molecular complexity index is 281. The molecule has 0 unspecified atom stereocenters. The smallest absolute Gasteiger partial charge is 0.300 e. The minimum absolute atomic E-state index is 0.749. The van der Waals surface area contributed by atoms with E-state index in [2.05, 4.69) is 0 Å². The zero-order valence-electron chi connectivity index (χ0n) is 9.18. The van der Waals surface area contributed by atoms with Crippen LogP contribution in [0.1, 0.15) is 13.8 Å². The van der Waals surface area contributed by atoms with Gasteiger partial charge >= 0.3 is 0 Å². The highest BCUT2D eigenvalue weighted by molar-refractivity contribution is 5.63. The first kappa shape index (κ1) is 16.2. The largest absolute Gasteiger partial charge is 0.481 e. The van der Waals surface area contributed by atoms with E-state index in [-0.39, 0.29) is 0 Å².